The number of nitrogens with zero attached hydrogens (tertiary/aromatic N) is 2. The van der Waals surface area contributed by atoms with E-state index in [1.54, 1.807) is 0 Å². The minimum absolute atomic E-state index is 1.04. The molecule has 0 unspecified atom stereocenters. The molecule has 2 heteroatoms. The Kier molecular flexibility index (Phi) is 2.50. The van der Waals surface area contributed by atoms with Crippen LogP contribution < -0.4 is 0 Å². The van der Waals surface area contributed by atoms with Crippen molar-refractivity contribution in [3.8, 4) is 11.1 Å². The van der Waals surface area contributed by atoms with Gasteiger partial charge in [0.2, 0.25) is 0 Å². The molecule has 0 aliphatic rings. The standard InChI is InChI=1S/C13H14N2/c1-9-6-12(4-5-14-9)13-7-10(2)15-11(3)8-13/h4-8H,1-3H3. The molecule has 0 radical (unpaired) electrons. The van der Waals surface area contributed by atoms with Crippen molar-refractivity contribution in [2.75, 3.05) is 0 Å². The third kappa shape index (κ3) is 2.21. The highest BCUT2D eigenvalue weighted by molar-refractivity contribution is 5.64. The van der Waals surface area contributed by atoms with Crippen LogP contribution >= 0.6 is 0 Å². The molecule has 0 spiro atoms. The summed E-state index contributed by atoms with van der Waals surface area (Å²) in [5, 5.41) is 0. The third-order valence-electron chi connectivity index (χ3n) is 2.31. The van der Waals surface area contributed by atoms with E-state index in [0.717, 1.165) is 17.1 Å². The second-order valence-electron chi connectivity index (χ2n) is 3.82. The van der Waals surface area contributed by atoms with Gasteiger partial charge in [-0.1, -0.05) is 0 Å². The van der Waals surface area contributed by atoms with E-state index in [1.165, 1.54) is 11.1 Å². The Morgan fingerprint density at radius 3 is 2.00 bits per heavy atom. The maximum atomic E-state index is 4.37. The highest BCUT2D eigenvalue weighted by Crippen LogP contribution is 2.20. The molecule has 0 aromatic carbocycles. The van der Waals surface area contributed by atoms with E-state index >= 15 is 0 Å². The van der Waals surface area contributed by atoms with Crippen LogP contribution in [0, 0.1) is 20.8 Å². The first-order valence-corrected chi connectivity index (χ1v) is 5.03. The van der Waals surface area contributed by atoms with Crippen molar-refractivity contribution in [1.82, 2.24) is 9.97 Å². The number of pyridine rings is 2. The molecule has 76 valence electrons. The molecule has 0 N–H and O–H groups in total. The Morgan fingerprint density at radius 2 is 1.40 bits per heavy atom. The summed E-state index contributed by atoms with van der Waals surface area (Å²) in [6.45, 7) is 6.04. The first-order valence-electron chi connectivity index (χ1n) is 5.03. The molecule has 2 rings (SSSR count). The smallest absolute Gasteiger partial charge is 0.0382 e. The fraction of sp³-hybridized carbons (Fsp3) is 0.231. The summed E-state index contributed by atoms with van der Waals surface area (Å²) in [6.07, 6.45) is 1.84. The molecule has 2 nitrogen and oxygen atoms in total. The topological polar surface area (TPSA) is 25.8 Å². The summed E-state index contributed by atoms with van der Waals surface area (Å²) >= 11 is 0. The van der Waals surface area contributed by atoms with Gasteiger partial charge in [0.05, 0.1) is 0 Å². The Labute approximate surface area is 90.0 Å². The predicted molar refractivity (Wildman–Crippen MR) is 61.7 cm³/mol. The van der Waals surface area contributed by atoms with Gasteiger partial charge in [-0.15, -0.1) is 0 Å². The zero-order chi connectivity index (χ0) is 10.8. The van der Waals surface area contributed by atoms with Crippen molar-refractivity contribution in [2.24, 2.45) is 0 Å². The third-order valence-corrected chi connectivity index (χ3v) is 2.31. The molecule has 0 bridgehead atoms. The second-order valence-corrected chi connectivity index (χ2v) is 3.82. The lowest BCUT2D eigenvalue weighted by Crippen LogP contribution is -1.89. The molecule has 2 heterocycles. The van der Waals surface area contributed by atoms with Crippen molar-refractivity contribution in [3.63, 3.8) is 0 Å². The highest BCUT2D eigenvalue weighted by atomic mass is 14.7. The van der Waals surface area contributed by atoms with E-state index in [1.807, 2.05) is 33.0 Å². The Hall–Kier alpha value is -1.70. The van der Waals surface area contributed by atoms with Crippen LogP contribution in [0.5, 0.6) is 0 Å². The number of hydrogen-bond donors (Lipinski definition) is 0. The van der Waals surface area contributed by atoms with E-state index in [2.05, 4.69) is 28.2 Å². The average Bonchev–Trinajstić information content (AvgIpc) is 2.16. The lowest BCUT2D eigenvalue weighted by Gasteiger charge is -2.04. The van der Waals surface area contributed by atoms with Gasteiger partial charge in [0.15, 0.2) is 0 Å². The quantitative estimate of drug-likeness (QED) is 0.703. The number of aromatic nitrogens is 2. The van der Waals surface area contributed by atoms with Gasteiger partial charge in [0.25, 0.3) is 0 Å². The van der Waals surface area contributed by atoms with Crippen LogP contribution in [0.4, 0.5) is 0 Å². The molecule has 2 aromatic heterocycles. The Bertz CT molecular complexity index is 469. The van der Waals surface area contributed by atoms with Gasteiger partial charge in [-0.05, 0) is 56.2 Å². The Balaban J connectivity index is 2.54. The van der Waals surface area contributed by atoms with Crippen molar-refractivity contribution in [2.45, 2.75) is 20.8 Å². The van der Waals surface area contributed by atoms with Gasteiger partial charge < -0.3 is 0 Å². The summed E-state index contributed by atoms with van der Waals surface area (Å²) in [6, 6.07) is 8.32. The molecule has 0 aliphatic carbocycles. The van der Waals surface area contributed by atoms with E-state index in [9.17, 15) is 0 Å². The zero-order valence-electron chi connectivity index (χ0n) is 9.28. The van der Waals surface area contributed by atoms with Gasteiger partial charge in [-0.25, -0.2) is 0 Å². The van der Waals surface area contributed by atoms with Crippen LogP contribution in [0.3, 0.4) is 0 Å². The maximum absolute atomic E-state index is 4.37. The summed E-state index contributed by atoms with van der Waals surface area (Å²) in [7, 11) is 0. The maximum Gasteiger partial charge on any atom is 0.0382 e. The monoisotopic (exact) mass is 198 g/mol. The molecule has 0 amide bonds. The minimum atomic E-state index is 1.04. The van der Waals surface area contributed by atoms with Crippen LogP contribution in [0.1, 0.15) is 17.1 Å². The molecular weight excluding hydrogens is 184 g/mol. The summed E-state index contributed by atoms with van der Waals surface area (Å²) in [4.78, 5) is 8.56. The molecule has 2 aromatic rings. The van der Waals surface area contributed by atoms with Crippen molar-refractivity contribution < 1.29 is 0 Å². The van der Waals surface area contributed by atoms with Crippen LogP contribution in [-0.2, 0) is 0 Å². The van der Waals surface area contributed by atoms with Gasteiger partial charge >= 0.3 is 0 Å². The predicted octanol–water partition coefficient (Wildman–Crippen LogP) is 3.07. The largest absolute Gasteiger partial charge is 0.262 e. The van der Waals surface area contributed by atoms with Crippen LogP contribution in [0.25, 0.3) is 11.1 Å². The van der Waals surface area contributed by atoms with E-state index in [-0.39, 0.29) is 0 Å². The molecule has 0 fully saturated rings. The minimum Gasteiger partial charge on any atom is -0.262 e. The molecule has 0 atom stereocenters. The summed E-state index contributed by atoms with van der Waals surface area (Å²) in [5.41, 5.74) is 5.57. The first-order chi connectivity index (χ1) is 7.15. The van der Waals surface area contributed by atoms with Crippen LogP contribution in [-0.4, -0.2) is 9.97 Å². The fourth-order valence-corrected chi connectivity index (χ4v) is 1.73. The van der Waals surface area contributed by atoms with Crippen LogP contribution in [0.15, 0.2) is 30.5 Å². The van der Waals surface area contributed by atoms with Gasteiger partial charge in [-0.2, -0.15) is 0 Å². The van der Waals surface area contributed by atoms with E-state index < -0.39 is 0 Å². The first kappa shape index (κ1) is 9.84. The summed E-state index contributed by atoms with van der Waals surface area (Å²) in [5.74, 6) is 0. The molecule has 0 saturated carbocycles. The average molecular weight is 198 g/mol. The van der Waals surface area contributed by atoms with E-state index in [0.29, 0.717) is 0 Å². The van der Waals surface area contributed by atoms with Crippen molar-refractivity contribution >= 4 is 0 Å². The molecule has 15 heavy (non-hydrogen) atoms. The van der Waals surface area contributed by atoms with E-state index in [4.69, 9.17) is 0 Å². The lowest BCUT2D eigenvalue weighted by molar-refractivity contribution is 1.12. The van der Waals surface area contributed by atoms with Crippen LogP contribution in [0.2, 0.25) is 0 Å². The van der Waals surface area contributed by atoms with Gasteiger partial charge in [0.1, 0.15) is 0 Å². The Morgan fingerprint density at radius 1 is 0.800 bits per heavy atom. The second kappa shape index (κ2) is 3.81. The number of hydrogen-bond acceptors (Lipinski definition) is 2. The molecule has 0 aliphatic heterocycles. The normalized spacial score (nSPS) is 10.3. The fourth-order valence-electron chi connectivity index (χ4n) is 1.73. The highest BCUT2D eigenvalue weighted by Gasteiger charge is 2.00. The lowest BCUT2D eigenvalue weighted by atomic mass is 10.1. The SMILES string of the molecule is Cc1cc(-c2cc(C)nc(C)c2)ccn1. The number of aryl methyl sites for hydroxylation is 3. The number of rotatable bonds is 1. The van der Waals surface area contributed by atoms with Crippen molar-refractivity contribution in [3.05, 3.63) is 47.5 Å². The van der Waals surface area contributed by atoms with Crippen molar-refractivity contribution in [1.29, 1.82) is 0 Å². The summed E-state index contributed by atoms with van der Waals surface area (Å²) < 4.78 is 0. The zero-order valence-corrected chi connectivity index (χ0v) is 9.28. The van der Waals surface area contributed by atoms with Gasteiger partial charge in [-0.3, -0.25) is 9.97 Å². The molecule has 0 saturated heterocycles. The molecular formula is C13H14N2. The van der Waals surface area contributed by atoms with Gasteiger partial charge in [0, 0.05) is 23.3 Å².